The third-order valence-corrected chi connectivity index (χ3v) is 5.68. The van der Waals surface area contributed by atoms with Crippen molar-refractivity contribution in [2.45, 2.75) is 11.3 Å². The molecule has 0 unspecified atom stereocenters. The van der Waals surface area contributed by atoms with E-state index in [0.717, 1.165) is 16.8 Å². The number of anilines is 1. The van der Waals surface area contributed by atoms with Crippen molar-refractivity contribution in [1.29, 1.82) is 4.78 Å². The highest BCUT2D eigenvalue weighted by Crippen LogP contribution is 2.38. The first-order valence-electron chi connectivity index (χ1n) is 8.20. The van der Waals surface area contributed by atoms with Gasteiger partial charge in [-0.25, -0.2) is 4.21 Å². The molecule has 0 heterocycles. The van der Waals surface area contributed by atoms with Crippen molar-refractivity contribution in [3.8, 4) is 0 Å². The number of hydrogen-bond donors (Lipinski definition) is 2. The van der Waals surface area contributed by atoms with Crippen LogP contribution in [0.2, 0.25) is 0 Å². The maximum Gasteiger partial charge on any atom is 0.0917 e. The van der Waals surface area contributed by atoms with E-state index < -0.39 is 15.0 Å². The average Bonchev–Trinajstić information content (AvgIpc) is 2.63. The van der Waals surface area contributed by atoms with Gasteiger partial charge in [0.15, 0.2) is 0 Å². The van der Waals surface area contributed by atoms with Gasteiger partial charge in [-0.3, -0.25) is 4.78 Å². The smallest absolute Gasteiger partial charge is 0.0917 e. The summed E-state index contributed by atoms with van der Waals surface area (Å²) in [6.45, 7) is 0. The molecule has 0 aromatic heterocycles. The summed E-state index contributed by atoms with van der Waals surface area (Å²) >= 11 is 0. The SMILES string of the molecule is C[S@@](=N)(=O)[C@H](c1ccccc1)[C@@H](Nc1ccccc1)c1ccccc1. The van der Waals surface area contributed by atoms with Gasteiger partial charge in [-0.1, -0.05) is 78.9 Å². The highest BCUT2D eigenvalue weighted by Gasteiger charge is 2.30. The van der Waals surface area contributed by atoms with Crippen molar-refractivity contribution in [2.24, 2.45) is 0 Å². The standard InChI is InChI=1S/C21H22N2OS/c1-25(22,24)21(18-13-7-3-8-14-18)20(17-11-5-2-6-12-17)23-19-15-9-4-10-16-19/h2-16,20-23H,1H3/t20-,21+,25+/m0/s1. The highest BCUT2D eigenvalue weighted by molar-refractivity contribution is 7.92. The molecule has 3 aromatic carbocycles. The van der Waals surface area contributed by atoms with Crippen molar-refractivity contribution in [1.82, 2.24) is 0 Å². The van der Waals surface area contributed by atoms with Crippen molar-refractivity contribution in [2.75, 3.05) is 11.6 Å². The monoisotopic (exact) mass is 350 g/mol. The summed E-state index contributed by atoms with van der Waals surface area (Å²) in [7, 11) is -2.85. The molecule has 4 heteroatoms. The van der Waals surface area contributed by atoms with E-state index in [2.05, 4.69) is 5.32 Å². The molecule has 3 nitrogen and oxygen atoms in total. The molecule has 0 spiro atoms. The van der Waals surface area contributed by atoms with Crippen LogP contribution in [0.15, 0.2) is 91.0 Å². The van der Waals surface area contributed by atoms with Gasteiger partial charge in [-0.05, 0) is 23.3 Å². The van der Waals surface area contributed by atoms with Crippen molar-refractivity contribution in [3.63, 3.8) is 0 Å². The van der Waals surface area contributed by atoms with Crippen LogP contribution >= 0.6 is 0 Å². The third-order valence-electron chi connectivity index (χ3n) is 4.17. The zero-order valence-electron chi connectivity index (χ0n) is 14.1. The third kappa shape index (κ3) is 4.28. The van der Waals surface area contributed by atoms with Crippen LogP contribution in [0, 0.1) is 4.78 Å². The van der Waals surface area contributed by atoms with Gasteiger partial charge in [0, 0.05) is 11.9 Å². The van der Waals surface area contributed by atoms with Crippen molar-refractivity contribution >= 4 is 15.4 Å². The van der Waals surface area contributed by atoms with Gasteiger partial charge in [0.05, 0.1) is 21.0 Å². The molecule has 3 atom stereocenters. The van der Waals surface area contributed by atoms with Crippen LogP contribution in [-0.2, 0) is 9.73 Å². The lowest BCUT2D eigenvalue weighted by Gasteiger charge is -2.30. The Morgan fingerprint density at radius 1 is 0.760 bits per heavy atom. The van der Waals surface area contributed by atoms with E-state index in [-0.39, 0.29) is 6.04 Å². The van der Waals surface area contributed by atoms with E-state index in [9.17, 15) is 4.21 Å². The summed E-state index contributed by atoms with van der Waals surface area (Å²) in [4.78, 5) is 0. The van der Waals surface area contributed by atoms with E-state index in [4.69, 9.17) is 4.78 Å². The molecule has 0 fully saturated rings. The molecule has 0 amide bonds. The number of rotatable bonds is 6. The molecule has 0 radical (unpaired) electrons. The largest absolute Gasteiger partial charge is 0.377 e. The van der Waals surface area contributed by atoms with Crippen LogP contribution in [0.5, 0.6) is 0 Å². The summed E-state index contributed by atoms with van der Waals surface area (Å²) in [5.74, 6) is 0. The molecule has 0 bridgehead atoms. The van der Waals surface area contributed by atoms with Gasteiger partial charge < -0.3 is 5.32 Å². The quantitative estimate of drug-likeness (QED) is 0.637. The van der Waals surface area contributed by atoms with Crippen LogP contribution < -0.4 is 5.32 Å². The van der Waals surface area contributed by atoms with E-state index in [1.165, 1.54) is 6.26 Å². The topological polar surface area (TPSA) is 53.0 Å². The van der Waals surface area contributed by atoms with Crippen molar-refractivity contribution in [3.05, 3.63) is 102 Å². The number of para-hydroxylation sites is 1. The van der Waals surface area contributed by atoms with Crippen LogP contribution in [0.1, 0.15) is 22.4 Å². The minimum Gasteiger partial charge on any atom is -0.377 e. The van der Waals surface area contributed by atoms with Crippen LogP contribution in [0.3, 0.4) is 0 Å². The van der Waals surface area contributed by atoms with Gasteiger partial charge in [-0.2, -0.15) is 0 Å². The Morgan fingerprint density at radius 2 is 1.20 bits per heavy atom. The zero-order valence-corrected chi connectivity index (χ0v) is 14.9. The van der Waals surface area contributed by atoms with E-state index >= 15 is 0 Å². The minimum atomic E-state index is -2.85. The first-order chi connectivity index (χ1) is 12.1. The normalized spacial score (nSPS) is 15.7. The molecular weight excluding hydrogens is 328 g/mol. The number of nitrogens with one attached hydrogen (secondary N) is 2. The summed E-state index contributed by atoms with van der Waals surface area (Å²) in [5, 5.41) is 3.04. The molecule has 128 valence electrons. The Labute approximate surface area is 149 Å². The molecule has 3 rings (SSSR count). The summed E-state index contributed by atoms with van der Waals surface area (Å²) in [6.07, 6.45) is 1.52. The lowest BCUT2D eigenvalue weighted by atomic mass is 9.98. The summed E-state index contributed by atoms with van der Waals surface area (Å²) in [6, 6.07) is 29.2. The Morgan fingerprint density at radius 3 is 1.68 bits per heavy atom. The predicted molar refractivity (Wildman–Crippen MR) is 105 cm³/mol. The zero-order chi connectivity index (χ0) is 17.7. The fourth-order valence-electron chi connectivity index (χ4n) is 3.06. The Bertz CT molecular complexity index is 894. The van der Waals surface area contributed by atoms with Gasteiger partial charge in [-0.15, -0.1) is 0 Å². The second-order valence-corrected chi connectivity index (χ2v) is 8.45. The molecule has 0 aliphatic heterocycles. The van der Waals surface area contributed by atoms with Gasteiger partial charge in [0.2, 0.25) is 0 Å². The van der Waals surface area contributed by atoms with E-state index in [0.29, 0.717) is 0 Å². The first-order valence-corrected chi connectivity index (χ1v) is 10.2. The van der Waals surface area contributed by atoms with Gasteiger partial charge >= 0.3 is 0 Å². The predicted octanol–water partition coefficient (Wildman–Crippen LogP) is 5.26. The molecule has 2 N–H and O–H groups in total. The molecule has 0 saturated carbocycles. The van der Waals surface area contributed by atoms with Gasteiger partial charge in [0.25, 0.3) is 0 Å². The van der Waals surface area contributed by atoms with E-state index in [1.54, 1.807) is 0 Å². The lowest BCUT2D eigenvalue weighted by molar-refractivity contribution is 0.647. The molecule has 25 heavy (non-hydrogen) atoms. The molecule has 0 aliphatic carbocycles. The van der Waals surface area contributed by atoms with Crippen LogP contribution in [0.25, 0.3) is 0 Å². The number of hydrogen-bond acceptors (Lipinski definition) is 3. The van der Waals surface area contributed by atoms with Crippen LogP contribution in [0.4, 0.5) is 5.69 Å². The Kier molecular flexibility index (Phi) is 5.19. The second-order valence-electron chi connectivity index (χ2n) is 6.13. The lowest BCUT2D eigenvalue weighted by Crippen LogP contribution is -2.25. The molecular formula is C21H22N2OS. The fraction of sp³-hybridized carbons (Fsp3) is 0.143. The van der Waals surface area contributed by atoms with Gasteiger partial charge in [0.1, 0.15) is 0 Å². The van der Waals surface area contributed by atoms with E-state index in [1.807, 2.05) is 91.0 Å². The fourth-order valence-corrected chi connectivity index (χ4v) is 4.48. The Hall–Kier alpha value is -2.59. The first kappa shape index (κ1) is 17.2. The minimum absolute atomic E-state index is 0.263. The highest BCUT2D eigenvalue weighted by atomic mass is 32.2. The van der Waals surface area contributed by atoms with Crippen LogP contribution in [-0.4, -0.2) is 10.5 Å². The molecule has 0 aliphatic rings. The maximum atomic E-state index is 12.9. The number of benzene rings is 3. The van der Waals surface area contributed by atoms with Crippen molar-refractivity contribution < 1.29 is 4.21 Å². The summed E-state index contributed by atoms with van der Waals surface area (Å²) in [5.41, 5.74) is 2.87. The average molecular weight is 350 g/mol. The molecule has 0 saturated heterocycles. The molecule has 3 aromatic rings. The Balaban J connectivity index is 2.10. The second kappa shape index (κ2) is 7.53. The summed E-state index contributed by atoms with van der Waals surface area (Å²) < 4.78 is 21.3. The maximum absolute atomic E-state index is 12.9.